The van der Waals surface area contributed by atoms with E-state index in [1.54, 1.807) is 13.3 Å². The van der Waals surface area contributed by atoms with Crippen molar-refractivity contribution >= 4 is 16.8 Å². The van der Waals surface area contributed by atoms with Crippen LogP contribution in [0.2, 0.25) is 0 Å². The van der Waals surface area contributed by atoms with Gasteiger partial charge in [-0.2, -0.15) is 0 Å². The number of aromatic nitrogens is 1. The lowest BCUT2D eigenvalue weighted by molar-refractivity contribution is -0.0977. The molecule has 5 rings (SSSR count). The highest BCUT2D eigenvalue weighted by Crippen LogP contribution is 2.44. The van der Waals surface area contributed by atoms with Crippen LogP contribution in [-0.4, -0.2) is 53.8 Å². The smallest absolute Gasteiger partial charge is 0.254 e. The number of amides is 1. The third-order valence-electron chi connectivity index (χ3n) is 7.19. The maximum absolute atomic E-state index is 13.7. The fourth-order valence-corrected chi connectivity index (χ4v) is 5.21. The average Bonchev–Trinajstić information content (AvgIpc) is 3.50. The lowest BCUT2D eigenvalue weighted by atomic mass is 9.79. The molecule has 0 spiro atoms. The third-order valence-corrected chi connectivity index (χ3v) is 7.19. The number of nitrogens with zero attached hydrogens (tertiary/aromatic N) is 2. The summed E-state index contributed by atoms with van der Waals surface area (Å²) in [6.45, 7) is 3.66. The van der Waals surface area contributed by atoms with Gasteiger partial charge in [0.15, 0.2) is 0 Å². The molecule has 0 bridgehead atoms. The van der Waals surface area contributed by atoms with Crippen LogP contribution in [0.1, 0.15) is 54.4 Å². The van der Waals surface area contributed by atoms with Crippen LogP contribution in [0.3, 0.4) is 0 Å². The minimum atomic E-state index is -0.228. The molecule has 2 aliphatic carbocycles. The van der Waals surface area contributed by atoms with Gasteiger partial charge in [-0.15, -0.1) is 0 Å². The number of aryl methyl sites for hydroxylation is 1. The summed E-state index contributed by atoms with van der Waals surface area (Å²) in [5.74, 6) is 0.853. The van der Waals surface area contributed by atoms with Crippen LogP contribution in [0, 0.1) is 12.8 Å². The van der Waals surface area contributed by atoms with Gasteiger partial charge in [-0.3, -0.25) is 9.78 Å². The molecule has 0 radical (unpaired) electrons. The second-order valence-corrected chi connectivity index (χ2v) is 9.09. The Morgan fingerprint density at radius 2 is 2.10 bits per heavy atom. The Hall–Kier alpha value is -1.98. The van der Waals surface area contributed by atoms with Crippen molar-refractivity contribution in [3.63, 3.8) is 0 Å². The number of carbonyl (C=O) groups excluding carboxylic acids is 1. The Labute approximate surface area is 172 Å². The van der Waals surface area contributed by atoms with Crippen molar-refractivity contribution in [3.05, 3.63) is 41.6 Å². The number of ether oxygens (including phenoxy) is 2. The van der Waals surface area contributed by atoms with E-state index in [9.17, 15) is 4.79 Å². The first-order valence-corrected chi connectivity index (χ1v) is 10.9. The molecule has 154 valence electrons. The molecule has 2 saturated carbocycles. The van der Waals surface area contributed by atoms with Crippen LogP contribution < -0.4 is 0 Å². The fraction of sp³-hybridized carbons (Fsp3) is 0.583. The normalized spacial score (nSPS) is 29.2. The highest BCUT2D eigenvalue weighted by Gasteiger charge is 2.53. The van der Waals surface area contributed by atoms with Crippen LogP contribution in [0.5, 0.6) is 0 Å². The zero-order valence-electron chi connectivity index (χ0n) is 17.4. The van der Waals surface area contributed by atoms with Gasteiger partial charge in [-0.1, -0.05) is 11.6 Å². The number of rotatable bonds is 5. The number of hydrogen-bond acceptors (Lipinski definition) is 4. The van der Waals surface area contributed by atoms with E-state index in [4.69, 9.17) is 9.47 Å². The maximum atomic E-state index is 13.7. The van der Waals surface area contributed by atoms with Gasteiger partial charge in [0.1, 0.15) is 0 Å². The Balaban J connectivity index is 1.42. The van der Waals surface area contributed by atoms with Gasteiger partial charge in [0.05, 0.1) is 28.8 Å². The highest BCUT2D eigenvalue weighted by atomic mass is 16.5. The summed E-state index contributed by atoms with van der Waals surface area (Å²) in [5, 5.41) is 0.935. The first-order valence-electron chi connectivity index (χ1n) is 10.9. The molecular weight excluding hydrogens is 364 g/mol. The number of carbonyl (C=O) groups is 1. The predicted molar refractivity (Wildman–Crippen MR) is 112 cm³/mol. The van der Waals surface area contributed by atoms with E-state index in [0.29, 0.717) is 0 Å². The van der Waals surface area contributed by atoms with Crippen molar-refractivity contribution in [2.24, 2.45) is 5.92 Å². The summed E-state index contributed by atoms with van der Waals surface area (Å²) in [4.78, 5) is 20.2. The van der Waals surface area contributed by atoms with E-state index in [0.717, 1.165) is 66.8 Å². The van der Waals surface area contributed by atoms with Gasteiger partial charge in [-0.05, 0) is 69.6 Å². The van der Waals surface area contributed by atoms with Crippen molar-refractivity contribution in [1.29, 1.82) is 0 Å². The molecule has 1 aromatic carbocycles. The molecule has 5 nitrogen and oxygen atoms in total. The topological polar surface area (TPSA) is 51.7 Å². The van der Waals surface area contributed by atoms with Crippen molar-refractivity contribution in [2.75, 3.05) is 20.3 Å². The first kappa shape index (κ1) is 19.0. The number of likely N-dealkylation sites (tertiary alicyclic amines) is 1. The number of methoxy groups -OCH3 is 1. The Morgan fingerprint density at radius 1 is 1.24 bits per heavy atom. The summed E-state index contributed by atoms with van der Waals surface area (Å²) in [6.07, 6.45) is 8.33. The Bertz CT molecular complexity index is 925. The molecule has 1 saturated heterocycles. The van der Waals surface area contributed by atoms with E-state index < -0.39 is 0 Å². The van der Waals surface area contributed by atoms with Gasteiger partial charge in [-0.25, -0.2) is 0 Å². The van der Waals surface area contributed by atoms with E-state index in [-0.39, 0.29) is 23.7 Å². The van der Waals surface area contributed by atoms with Crippen molar-refractivity contribution < 1.29 is 14.3 Å². The van der Waals surface area contributed by atoms with Gasteiger partial charge in [0.2, 0.25) is 0 Å². The number of pyridine rings is 1. The van der Waals surface area contributed by atoms with Crippen LogP contribution >= 0.6 is 0 Å². The van der Waals surface area contributed by atoms with Crippen LogP contribution in [-0.2, 0) is 9.47 Å². The summed E-state index contributed by atoms with van der Waals surface area (Å²) in [6, 6.07) is 8.04. The summed E-state index contributed by atoms with van der Waals surface area (Å²) < 4.78 is 12.3. The summed E-state index contributed by atoms with van der Waals surface area (Å²) >= 11 is 0. The molecular formula is C24H30N2O3. The summed E-state index contributed by atoms with van der Waals surface area (Å²) in [7, 11) is 1.80. The predicted octanol–water partition coefficient (Wildman–Crippen LogP) is 4.12. The SMILES string of the molecule is CO[C@@]12CC[C@@H](OCC3CC3)C[C@@H]1N(C(=O)c1ccnc3ccc(C)cc13)CC2. The molecule has 1 amide bonds. The lowest BCUT2D eigenvalue weighted by Crippen LogP contribution is -2.53. The van der Waals surface area contributed by atoms with Gasteiger partial charge in [0, 0.05) is 31.8 Å². The molecule has 3 atom stereocenters. The number of hydrogen-bond donors (Lipinski definition) is 0. The molecule has 2 aromatic rings. The minimum absolute atomic E-state index is 0.0750. The molecule has 1 aromatic heterocycles. The Kier molecular flexibility index (Phi) is 4.83. The van der Waals surface area contributed by atoms with Crippen LogP contribution in [0.15, 0.2) is 30.5 Å². The van der Waals surface area contributed by atoms with Crippen molar-refractivity contribution in [3.8, 4) is 0 Å². The highest BCUT2D eigenvalue weighted by molar-refractivity contribution is 6.06. The van der Waals surface area contributed by atoms with Gasteiger partial charge < -0.3 is 14.4 Å². The molecule has 3 fully saturated rings. The molecule has 29 heavy (non-hydrogen) atoms. The van der Waals surface area contributed by atoms with Crippen LogP contribution in [0.25, 0.3) is 10.9 Å². The number of fused-ring (bicyclic) bond motifs is 2. The Morgan fingerprint density at radius 3 is 2.90 bits per heavy atom. The van der Waals surface area contributed by atoms with Crippen LogP contribution in [0.4, 0.5) is 0 Å². The quantitative estimate of drug-likeness (QED) is 0.765. The monoisotopic (exact) mass is 394 g/mol. The second-order valence-electron chi connectivity index (χ2n) is 9.09. The van der Waals surface area contributed by atoms with E-state index >= 15 is 0 Å². The molecule has 5 heteroatoms. The molecule has 0 N–H and O–H groups in total. The van der Waals surface area contributed by atoms with Gasteiger partial charge in [0.25, 0.3) is 5.91 Å². The zero-order chi connectivity index (χ0) is 20.0. The zero-order valence-corrected chi connectivity index (χ0v) is 17.4. The van der Waals surface area contributed by atoms with E-state index in [2.05, 4.69) is 18.0 Å². The molecule has 3 aliphatic rings. The molecule has 0 unspecified atom stereocenters. The van der Waals surface area contributed by atoms with Gasteiger partial charge >= 0.3 is 0 Å². The van der Waals surface area contributed by atoms with Crippen molar-refractivity contribution in [1.82, 2.24) is 9.88 Å². The maximum Gasteiger partial charge on any atom is 0.254 e. The molecule has 1 aliphatic heterocycles. The summed E-state index contributed by atoms with van der Waals surface area (Å²) in [5.41, 5.74) is 2.52. The average molecular weight is 395 g/mol. The standard InChI is InChI=1S/C24H30N2O3/c1-16-3-6-21-20(13-16)19(8-11-25-21)23(27)26-12-10-24(28-2)9-7-18(14-22(24)26)29-15-17-4-5-17/h3,6,8,11,13,17-18,22H,4-5,7,9-10,12,14-15H2,1-2H3/t18-,22+,24-/m1/s1. The van der Waals surface area contributed by atoms with E-state index in [1.807, 2.05) is 23.1 Å². The largest absolute Gasteiger partial charge is 0.378 e. The fourth-order valence-electron chi connectivity index (χ4n) is 5.21. The second kappa shape index (κ2) is 7.37. The van der Waals surface area contributed by atoms with E-state index in [1.165, 1.54) is 12.8 Å². The molecule has 2 heterocycles. The lowest BCUT2D eigenvalue weighted by Gasteiger charge is -2.43. The van der Waals surface area contributed by atoms with Crippen molar-refractivity contribution in [2.45, 2.75) is 63.2 Å². The first-order chi connectivity index (χ1) is 14.1. The number of benzene rings is 1. The third kappa shape index (κ3) is 3.44. The minimum Gasteiger partial charge on any atom is -0.378 e.